The Morgan fingerprint density at radius 3 is 2.83 bits per heavy atom. The minimum absolute atomic E-state index is 0.286. The van der Waals surface area contributed by atoms with Crippen LogP contribution in [0.5, 0.6) is 5.75 Å². The van der Waals surface area contributed by atoms with E-state index in [1.54, 1.807) is 19.4 Å². The Balaban J connectivity index is 2.17. The molecule has 128 valence electrons. The molecular weight excluding hydrogens is 304 g/mol. The molecule has 0 spiro atoms. The van der Waals surface area contributed by atoms with Crippen molar-refractivity contribution in [3.63, 3.8) is 0 Å². The van der Waals surface area contributed by atoms with E-state index in [0.29, 0.717) is 23.1 Å². The highest BCUT2D eigenvalue weighted by Crippen LogP contribution is 2.25. The van der Waals surface area contributed by atoms with Gasteiger partial charge in [0, 0.05) is 19.8 Å². The van der Waals surface area contributed by atoms with E-state index in [2.05, 4.69) is 22.2 Å². The van der Waals surface area contributed by atoms with Gasteiger partial charge in [-0.05, 0) is 37.1 Å². The van der Waals surface area contributed by atoms with Crippen molar-refractivity contribution < 1.29 is 9.53 Å². The van der Waals surface area contributed by atoms with Gasteiger partial charge in [-0.15, -0.1) is 0 Å². The number of methoxy groups -OCH3 is 1. The van der Waals surface area contributed by atoms with Crippen LogP contribution < -0.4 is 15.0 Å². The summed E-state index contributed by atoms with van der Waals surface area (Å²) in [7, 11) is 3.50. The second-order valence-electron chi connectivity index (χ2n) is 5.67. The number of unbranched alkanes of at least 4 members (excludes halogenated alkanes) is 1. The average molecular weight is 328 g/mol. The second kappa shape index (κ2) is 8.29. The van der Waals surface area contributed by atoms with Gasteiger partial charge < -0.3 is 15.0 Å². The number of ether oxygens (including phenoxy) is 1. The second-order valence-corrected chi connectivity index (χ2v) is 5.67. The Kier molecular flexibility index (Phi) is 6.12. The van der Waals surface area contributed by atoms with E-state index < -0.39 is 0 Å². The summed E-state index contributed by atoms with van der Waals surface area (Å²) in [5, 5.41) is 2.86. The molecule has 0 atom stereocenters. The zero-order valence-electron chi connectivity index (χ0n) is 14.7. The SMILES string of the molecule is CCCCN(C)c1nccc(C(=O)Nc2cc(C)ccc2OC)n1. The number of nitrogens with zero attached hydrogens (tertiary/aromatic N) is 3. The molecule has 0 unspecified atom stereocenters. The summed E-state index contributed by atoms with van der Waals surface area (Å²) in [4.78, 5) is 23.1. The van der Waals surface area contributed by atoms with E-state index in [1.165, 1.54) is 0 Å². The molecule has 1 heterocycles. The van der Waals surface area contributed by atoms with Gasteiger partial charge in [-0.2, -0.15) is 0 Å². The number of amides is 1. The number of hydrogen-bond donors (Lipinski definition) is 1. The Hall–Kier alpha value is -2.63. The standard InChI is InChI=1S/C18H24N4O2/c1-5-6-11-22(3)18-19-10-9-14(21-18)17(23)20-15-12-13(2)7-8-16(15)24-4/h7-10,12H,5-6,11H2,1-4H3,(H,20,23). The summed E-state index contributed by atoms with van der Waals surface area (Å²) in [6.45, 7) is 4.95. The van der Waals surface area contributed by atoms with Gasteiger partial charge in [0.05, 0.1) is 12.8 Å². The van der Waals surface area contributed by atoms with Crippen LogP contribution in [0.25, 0.3) is 0 Å². The lowest BCUT2D eigenvalue weighted by Crippen LogP contribution is -2.23. The maximum atomic E-state index is 12.5. The van der Waals surface area contributed by atoms with E-state index >= 15 is 0 Å². The van der Waals surface area contributed by atoms with Crippen LogP contribution in [0.3, 0.4) is 0 Å². The van der Waals surface area contributed by atoms with Crippen molar-refractivity contribution in [3.05, 3.63) is 41.7 Å². The van der Waals surface area contributed by atoms with Crippen molar-refractivity contribution in [3.8, 4) is 5.75 Å². The molecule has 1 amide bonds. The van der Waals surface area contributed by atoms with Crippen LogP contribution in [-0.2, 0) is 0 Å². The first-order valence-electron chi connectivity index (χ1n) is 8.05. The quantitative estimate of drug-likeness (QED) is 0.845. The summed E-state index contributed by atoms with van der Waals surface area (Å²) in [6, 6.07) is 7.23. The summed E-state index contributed by atoms with van der Waals surface area (Å²) in [5.41, 5.74) is 1.99. The Morgan fingerprint density at radius 2 is 2.12 bits per heavy atom. The molecule has 0 saturated heterocycles. The maximum absolute atomic E-state index is 12.5. The highest BCUT2D eigenvalue weighted by molar-refractivity contribution is 6.03. The van der Waals surface area contributed by atoms with E-state index in [-0.39, 0.29) is 5.91 Å². The molecule has 2 rings (SSSR count). The number of carbonyl (C=O) groups excluding carboxylic acids is 1. The van der Waals surface area contributed by atoms with Crippen LogP contribution in [0, 0.1) is 6.92 Å². The fourth-order valence-corrected chi connectivity index (χ4v) is 2.26. The smallest absolute Gasteiger partial charge is 0.274 e. The van der Waals surface area contributed by atoms with E-state index in [9.17, 15) is 4.79 Å². The lowest BCUT2D eigenvalue weighted by molar-refractivity contribution is 0.102. The number of carbonyl (C=O) groups is 1. The van der Waals surface area contributed by atoms with Gasteiger partial charge in [0.15, 0.2) is 0 Å². The van der Waals surface area contributed by atoms with Crippen LogP contribution >= 0.6 is 0 Å². The van der Waals surface area contributed by atoms with Crippen LogP contribution in [0.15, 0.2) is 30.5 Å². The van der Waals surface area contributed by atoms with Gasteiger partial charge in [-0.1, -0.05) is 19.4 Å². The number of rotatable bonds is 7. The summed E-state index contributed by atoms with van der Waals surface area (Å²) in [5.74, 6) is 0.877. The van der Waals surface area contributed by atoms with Gasteiger partial charge in [0.2, 0.25) is 5.95 Å². The molecule has 0 aliphatic heterocycles. The normalized spacial score (nSPS) is 10.3. The van der Waals surface area contributed by atoms with Crippen LogP contribution in [0.2, 0.25) is 0 Å². The minimum Gasteiger partial charge on any atom is -0.495 e. The maximum Gasteiger partial charge on any atom is 0.274 e. The molecule has 1 aromatic carbocycles. The monoisotopic (exact) mass is 328 g/mol. The third-order valence-electron chi connectivity index (χ3n) is 3.67. The largest absolute Gasteiger partial charge is 0.495 e. The number of aryl methyl sites for hydroxylation is 1. The lowest BCUT2D eigenvalue weighted by atomic mass is 10.2. The molecular formula is C18H24N4O2. The van der Waals surface area contributed by atoms with Crippen molar-refractivity contribution in [1.29, 1.82) is 0 Å². The highest BCUT2D eigenvalue weighted by Gasteiger charge is 2.13. The molecule has 6 nitrogen and oxygen atoms in total. The zero-order valence-corrected chi connectivity index (χ0v) is 14.7. The molecule has 24 heavy (non-hydrogen) atoms. The third kappa shape index (κ3) is 4.44. The lowest BCUT2D eigenvalue weighted by Gasteiger charge is -2.17. The Bertz CT molecular complexity index is 703. The van der Waals surface area contributed by atoms with Crippen molar-refractivity contribution in [1.82, 2.24) is 9.97 Å². The number of hydrogen-bond acceptors (Lipinski definition) is 5. The molecule has 0 aliphatic carbocycles. The van der Waals surface area contributed by atoms with E-state index in [4.69, 9.17) is 4.74 Å². The van der Waals surface area contributed by atoms with Crippen molar-refractivity contribution in [2.45, 2.75) is 26.7 Å². The van der Waals surface area contributed by atoms with Gasteiger partial charge in [0.25, 0.3) is 5.91 Å². The molecule has 2 aromatic rings. The van der Waals surface area contributed by atoms with E-state index in [1.807, 2.05) is 37.1 Å². The van der Waals surface area contributed by atoms with Gasteiger partial charge in [-0.25, -0.2) is 9.97 Å². The summed E-state index contributed by atoms with van der Waals surface area (Å²) in [6.07, 6.45) is 3.75. The van der Waals surface area contributed by atoms with Crippen molar-refractivity contribution in [2.75, 3.05) is 30.9 Å². The molecule has 0 aliphatic rings. The topological polar surface area (TPSA) is 67.4 Å². The first-order valence-corrected chi connectivity index (χ1v) is 8.05. The first kappa shape index (κ1) is 17.7. The fraction of sp³-hybridized carbons (Fsp3) is 0.389. The van der Waals surface area contributed by atoms with Crippen LogP contribution in [0.4, 0.5) is 11.6 Å². The molecule has 6 heteroatoms. The Morgan fingerprint density at radius 1 is 1.33 bits per heavy atom. The predicted molar refractivity (Wildman–Crippen MR) is 95.9 cm³/mol. The summed E-state index contributed by atoms with van der Waals surface area (Å²) >= 11 is 0. The highest BCUT2D eigenvalue weighted by atomic mass is 16.5. The molecule has 0 radical (unpaired) electrons. The van der Waals surface area contributed by atoms with Gasteiger partial charge in [-0.3, -0.25) is 4.79 Å². The Labute approximate surface area is 142 Å². The number of anilines is 2. The van der Waals surface area contributed by atoms with Gasteiger partial charge >= 0.3 is 0 Å². The van der Waals surface area contributed by atoms with Crippen molar-refractivity contribution in [2.24, 2.45) is 0 Å². The third-order valence-corrected chi connectivity index (χ3v) is 3.67. The zero-order chi connectivity index (χ0) is 17.5. The van der Waals surface area contributed by atoms with E-state index in [0.717, 1.165) is 24.9 Å². The molecule has 0 saturated carbocycles. The minimum atomic E-state index is -0.286. The van der Waals surface area contributed by atoms with Crippen LogP contribution in [0.1, 0.15) is 35.8 Å². The molecule has 0 bridgehead atoms. The molecule has 0 fully saturated rings. The molecule has 1 aromatic heterocycles. The fourth-order valence-electron chi connectivity index (χ4n) is 2.26. The number of benzene rings is 1. The number of nitrogens with one attached hydrogen (secondary N) is 1. The number of aromatic nitrogens is 2. The van der Waals surface area contributed by atoms with Crippen LogP contribution in [-0.4, -0.2) is 36.6 Å². The first-order chi connectivity index (χ1) is 11.5. The average Bonchev–Trinajstić information content (AvgIpc) is 2.60. The van der Waals surface area contributed by atoms with Crippen molar-refractivity contribution >= 4 is 17.5 Å². The summed E-state index contributed by atoms with van der Waals surface area (Å²) < 4.78 is 5.29. The predicted octanol–water partition coefficient (Wildman–Crippen LogP) is 3.28. The molecule has 1 N–H and O–H groups in total. The van der Waals surface area contributed by atoms with Gasteiger partial charge in [0.1, 0.15) is 11.4 Å².